The molecule has 1 aromatic rings. The van der Waals surface area contributed by atoms with Crippen molar-refractivity contribution < 1.29 is 0 Å². The predicted octanol–water partition coefficient (Wildman–Crippen LogP) is 2.10. The number of halogens is 1. The van der Waals surface area contributed by atoms with Crippen LogP contribution >= 0.6 is 11.6 Å². The molecule has 3 heteroatoms. The van der Waals surface area contributed by atoms with Gasteiger partial charge in [-0.3, -0.25) is 0 Å². The highest BCUT2D eigenvalue weighted by molar-refractivity contribution is 6.29. The maximum absolute atomic E-state index is 5.63. The summed E-state index contributed by atoms with van der Waals surface area (Å²) in [5.41, 5.74) is 7.40. The second kappa shape index (κ2) is 4.24. The predicted molar refractivity (Wildman–Crippen MR) is 52.0 cm³/mol. The van der Waals surface area contributed by atoms with Gasteiger partial charge in [0.05, 0.1) is 0 Å². The maximum Gasteiger partial charge on any atom is 0.129 e. The van der Waals surface area contributed by atoms with Crippen LogP contribution in [-0.2, 0) is 0 Å². The Labute approximate surface area is 77.1 Å². The van der Waals surface area contributed by atoms with Crippen molar-refractivity contribution >= 4 is 17.2 Å². The molecule has 0 unspecified atom stereocenters. The molecule has 0 fully saturated rings. The molecular weight excluding hydrogens is 172 g/mol. The van der Waals surface area contributed by atoms with Crippen molar-refractivity contribution in [2.75, 3.05) is 6.54 Å². The molecule has 0 aliphatic rings. The topological polar surface area (TPSA) is 38.9 Å². The first-order chi connectivity index (χ1) is 5.74. The SMILES string of the molecule is C=C(CCN)c1ccc(Cl)nc1. The fourth-order valence-electron chi connectivity index (χ4n) is 0.904. The van der Waals surface area contributed by atoms with Crippen molar-refractivity contribution in [3.63, 3.8) is 0 Å². The van der Waals surface area contributed by atoms with Crippen LogP contribution in [0, 0.1) is 0 Å². The molecule has 0 saturated heterocycles. The zero-order valence-electron chi connectivity index (χ0n) is 6.76. The molecule has 1 rings (SSSR count). The Morgan fingerprint density at radius 1 is 1.58 bits per heavy atom. The van der Waals surface area contributed by atoms with Crippen LogP contribution in [0.2, 0.25) is 5.15 Å². The summed E-state index contributed by atoms with van der Waals surface area (Å²) in [4.78, 5) is 3.95. The van der Waals surface area contributed by atoms with Gasteiger partial charge in [0.2, 0.25) is 0 Å². The van der Waals surface area contributed by atoms with E-state index in [-0.39, 0.29) is 0 Å². The van der Waals surface area contributed by atoms with Crippen LogP contribution in [0.15, 0.2) is 24.9 Å². The highest BCUT2D eigenvalue weighted by Crippen LogP contribution is 2.15. The summed E-state index contributed by atoms with van der Waals surface area (Å²) in [6.45, 7) is 4.49. The molecular formula is C9H11ClN2. The quantitative estimate of drug-likeness (QED) is 0.728. The van der Waals surface area contributed by atoms with Crippen molar-refractivity contribution in [1.82, 2.24) is 4.98 Å². The lowest BCUT2D eigenvalue weighted by Crippen LogP contribution is -1.99. The minimum Gasteiger partial charge on any atom is -0.330 e. The third-order valence-electron chi connectivity index (χ3n) is 1.58. The van der Waals surface area contributed by atoms with E-state index in [4.69, 9.17) is 17.3 Å². The van der Waals surface area contributed by atoms with Crippen molar-refractivity contribution in [3.8, 4) is 0 Å². The number of hydrogen-bond donors (Lipinski definition) is 1. The minimum atomic E-state index is 0.499. The molecule has 12 heavy (non-hydrogen) atoms. The van der Waals surface area contributed by atoms with Crippen LogP contribution in [0.1, 0.15) is 12.0 Å². The summed E-state index contributed by atoms with van der Waals surface area (Å²) < 4.78 is 0. The van der Waals surface area contributed by atoms with Gasteiger partial charge in [-0.25, -0.2) is 4.98 Å². The largest absolute Gasteiger partial charge is 0.330 e. The van der Waals surface area contributed by atoms with Crippen LogP contribution in [0.3, 0.4) is 0 Å². The zero-order chi connectivity index (χ0) is 8.97. The summed E-state index contributed by atoms with van der Waals surface area (Å²) in [6.07, 6.45) is 2.50. The zero-order valence-corrected chi connectivity index (χ0v) is 7.51. The summed E-state index contributed by atoms with van der Waals surface area (Å²) in [5.74, 6) is 0. The van der Waals surface area contributed by atoms with Gasteiger partial charge >= 0.3 is 0 Å². The second-order valence-electron chi connectivity index (χ2n) is 2.51. The Morgan fingerprint density at radius 3 is 2.83 bits per heavy atom. The summed E-state index contributed by atoms with van der Waals surface area (Å²) in [5, 5.41) is 0.499. The van der Waals surface area contributed by atoms with Gasteiger partial charge in [0.15, 0.2) is 0 Å². The molecule has 2 nitrogen and oxygen atoms in total. The molecule has 0 bridgehead atoms. The average Bonchev–Trinajstić information content (AvgIpc) is 2.06. The lowest BCUT2D eigenvalue weighted by molar-refractivity contribution is 1.02. The van der Waals surface area contributed by atoms with Crippen molar-refractivity contribution in [2.45, 2.75) is 6.42 Å². The molecule has 0 spiro atoms. The number of rotatable bonds is 3. The molecule has 0 radical (unpaired) electrons. The third kappa shape index (κ3) is 2.32. The summed E-state index contributed by atoms with van der Waals surface area (Å²) in [7, 11) is 0. The maximum atomic E-state index is 5.63. The summed E-state index contributed by atoms with van der Waals surface area (Å²) in [6, 6.07) is 3.64. The number of hydrogen-bond acceptors (Lipinski definition) is 2. The number of pyridine rings is 1. The van der Waals surface area contributed by atoms with Crippen LogP contribution in [-0.4, -0.2) is 11.5 Å². The smallest absolute Gasteiger partial charge is 0.129 e. The molecule has 0 aliphatic heterocycles. The van der Waals surface area contributed by atoms with Gasteiger partial charge in [0, 0.05) is 6.20 Å². The van der Waals surface area contributed by atoms with Gasteiger partial charge in [-0.15, -0.1) is 0 Å². The normalized spacial score (nSPS) is 9.83. The number of aromatic nitrogens is 1. The monoisotopic (exact) mass is 182 g/mol. The summed E-state index contributed by atoms with van der Waals surface area (Å²) >= 11 is 5.63. The van der Waals surface area contributed by atoms with Crippen molar-refractivity contribution in [2.24, 2.45) is 5.73 Å². The standard InChI is InChI=1S/C9H11ClN2/c1-7(4-5-11)8-2-3-9(10)12-6-8/h2-3,6H,1,4-5,11H2. The fourth-order valence-corrected chi connectivity index (χ4v) is 1.02. The van der Waals surface area contributed by atoms with Crippen LogP contribution in [0.5, 0.6) is 0 Å². The van der Waals surface area contributed by atoms with E-state index in [1.165, 1.54) is 0 Å². The van der Waals surface area contributed by atoms with Crippen LogP contribution in [0.4, 0.5) is 0 Å². The lowest BCUT2D eigenvalue weighted by atomic mass is 10.1. The van der Waals surface area contributed by atoms with E-state index in [9.17, 15) is 0 Å². The number of nitrogens with two attached hydrogens (primary N) is 1. The molecule has 64 valence electrons. The van der Waals surface area contributed by atoms with E-state index >= 15 is 0 Å². The van der Waals surface area contributed by atoms with E-state index in [0.29, 0.717) is 11.7 Å². The lowest BCUT2D eigenvalue weighted by Gasteiger charge is -2.02. The Bertz CT molecular complexity index is 266. The minimum absolute atomic E-state index is 0.499. The van der Waals surface area contributed by atoms with E-state index < -0.39 is 0 Å². The van der Waals surface area contributed by atoms with Gasteiger partial charge in [0.25, 0.3) is 0 Å². The fraction of sp³-hybridized carbons (Fsp3) is 0.222. The second-order valence-corrected chi connectivity index (χ2v) is 2.90. The Morgan fingerprint density at radius 2 is 2.33 bits per heavy atom. The molecule has 0 atom stereocenters. The van der Waals surface area contributed by atoms with Gasteiger partial charge in [-0.2, -0.15) is 0 Å². The van der Waals surface area contributed by atoms with Crippen LogP contribution < -0.4 is 5.73 Å². The Balaban J connectivity index is 2.75. The molecule has 0 amide bonds. The average molecular weight is 183 g/mol. The molecule has 1 heterocycles. The highest BCUT2D eigenvalue weighted by atomic mass is 35.5. The molecule has 2 N–H and O–H groups in total. The first-order valence-corrected chi connectivity index (χ1v) is 4.11. The first-order valence-electron chi connectivity index (χ1n) is 3.74. The van der Waals surface area contributed by atoms with E-state index in [1.807, 2.05) is 6.07 Å². The molecule has 0 aromatic carbocycles. The van der Waals surface area contributed by atoms with E-state index in [1.54, 1.807) is 12.3 Å². The highest BCUT2D eigenvalue weighted by Gasteiger charge is 1.97. The van der Waals surface area contributed by atoms with E-state index in [2.05, 4.69) is 11.6 Å². The molecule has 0 aliphatic carbocycles. The Hall–Kier alpha value is -0.860. The van der Waals surface area contributed by atoms with Crippen molar-refractivity contribution in [3.05, 3.63) is 35.6 Å². The molecule has 1 aromatic heterocycles. The van der Waals surface area contributed by atoms with Gasteiger partial charge < -0.3 is 5.73 Å². The van der Waals surface area contributed by atoms with Crippen LogP contribution in [0.25, 0.3) is 5.57 Å². The first kappa shape index (κ1) is 9.23. The molecule has 0 saturated carbocycles. The Kier molecular flexibility index (Phi) is 3.26. The number of nitrogens with zero attached hydrogens (tertiary/aromatic N) is 1. The van der Waals surface area contributed by atoms with Gasteiger partial charge in [0.1, 0.15) is 5.15 Å². The van der Waals surface area contributed by atoms with Crippen molar-refractivity contribution in [1.29, 1.82) is 0 Å². The third-order valence-corrected chi connectivity index (χ3v) is 1.81. The van der Waals surface area contributed by atoms with Gasteiger partial charge in [-0.05, 0) is 30.2 Å². The van der Waals surface area contributed by atoms with E-state index in [0.717, 1.165) is 17.6 Å². The van der Waals surface area contributed by atoms with Gasteiger partial charge in [-0.1, -0.05) is 24.2 Å².